The molecule has 0 bridgehead atoms. The van der Waals surface area contributed by atoms with Crippen LogP contribution < -0.4 is 4.74 Å². The van der Waals surface area contributed by atoms with Gasteiger partial charge in [-0.25, -0.2) is 14.4 Å². The van der Waals surface area contributed by atoms with Gasteiger partial charge in [0, 0.05) is 41.8 Å². The van der Waals surface area contributed by atoms with E-state index in [1.54, 1.807) is 43.0 Å². The Bertz CT molecular complexity index is 1790. The van der Waals surface area contributed by atoms with Gasteiger partial charge in [-0.1, -0.05) is 12.1 Å². The molecular weight excluding hydrogens is 495 g/mol. The lowest BCUT2D eigenvalue weighted by Crippen LogP contribution is -2.25. The second kappa shape index (κ2) is 9.88. The lowest BCUT2D eigenvalue weighted by molar-refractivity contribution is 0.237. The van der Waals surface area contributed by atoms with Crippen LogP contribution in [0.15, 0.2) is 67.3 Å². The van der Waals surface area contributed by atoms with Gasteiger partial charge in [0.05, 0.1) is 17.1 Å². The van der Waals surface area contributed by atoms with E-state index >= 15 is 0 Å². The van der Waals surface area contributed by atoms with Crippen molar-refractivity contribution in [2.75, 3.05) is 26.2 Å². The van der Waals surface area contributed by atoms with Crippen LogP contribution in [-0.2, 0) is 0 Å². The van der Waals surface area contributed by atoms with Gasteiger partial charge in [0.25, 0.3) is 0 Å². The summed E-state index contributed by atoms with van der Waals surface area (Å²) in [7, 11) is 0. The molecule has 1 saturated heterocycles. The molecule has 9 nitrogen and oxygen atoms in total. The predicted octanol–water partition coefficient (Wildman–Crippen LogP) is 5.24. The first-order chi connectivity index (χ1) is 19.2. The van der Waals surface area contributed by atoms with E-state index < -0.39 is 0 Å². The second-order valence-electron chi connectivity index (χ2n) is 9.62. The fraction of sp³-hybridized carbons (Fsp3) is 0.207. The molecule has 0 aliphatic carbocycles. The molecule has 1 aromatic carbocycles. The number of hydrogen-bond acceptors (Lipinski definition) is 7. The summed E-state index contributed by atoms with van der Waals surface area (Å²) in [6.07, 6.45) is 9.48. The van der Waals surface area contributed by atoms with Crippen LogP contribution in [0.3, 0.4) is 0 Å². The number of nitrogens with one attached hydrogen (secondary N) is 2. The smallest absolute Gasteiger partial charge is 0.159 e. The van der Waals surface area contributed by atoms with Gasteiger partial charge in [0.2, 0.25) is 0 Å². The minimum absolute atomic E-state index is 0.350. The summed E-state index contributed by atoms with van der Waals surface area (Å²) in [6, 6.07) is 12.4. The summed E-state index contributed by atoms with van der Waals surface area (Å²) in [6.45, 7) is 3.84. The first-order valence-electron chi connectivity index (χ1n) is 13.0. The van der Waals surface area contributed by atoms with Gasteiger partial charge < -0.3 is 9.72 Å². The van der Waals surface area contributed by atoms with Gasteiger partial charge >= 0.3 is 0 Å². The molecule has 5 aromatic heterocycles. The number of rotatable bonds is 7. The van der Waals surface area contributed by atoms with Crippen molar-refractivity contribution < 1.29 is 9.13 Å². The highest BCUT2D eigenvalue weighted by atomic mass is 19.1. The van der Waals surface area contributed by atoms with Crippen molar-refractivity contribution in [1.82, 2.24) is 40.0 Å². The van der Waals surface area contributed by atoms with E-state index in [1.165, 1.54) is 18.9 Å². The lowest BCUT2D eigenvalue weighted by atomic mass is 10.1. The molecule has 10 heteroatoms. The SMILES string of the molecule is Fc1ccccc1-c1nccc2[nH]c(-c3n[nH]c4ncc(-c5cncc(OCCN6CCCC6)c5)cc34)nc12. The number of aromatic nitrogens is 7. The third-order valence-corrected chi connectivity index (χ3v) is 7.09. The number of likely N-dealkylation sites (tertiary alicyclic amines) is 1. The van der Waals surface area contributed by atoms with Gasteiger partial charge in [-0.15, -0.1) is 0 Å². The van der Waals surface area contributed by atoms with E-state index in [0.717, 1.165) is 47.4 Å². The molecule has 1 fully saturated rings. The Hall–Kier alpha value is -4.70. The zero-order valence-corrected chi connectivity index (χ0v) is 21.1. The van der Waals surface area contributed by atoms with Crippen molar-refractivity contribution in [1.29, 1.82) is 0 Å². The van der Waals surface area contributed by atoms with E-state index in [0.29, 0.717) is 40.5 Å². The fourth-order valence-electron chi connectivity index (χ4n) is 5.09. The van der Waals surface area contributed by atoms with E-state index in [9.17, 15) is 4.39 Å². The summed E-state index contributed by atoms with van der Waals surface area (Å²) in [5.74, 6) is 0.916. The summed E-state index contributed by atoms with van der Waals surface area (Å²) >= 11 is 0. The summed E-state index contributed by atoms with van der Waals surface area (Å²) in [5, 5.41) is 8.28. The molecule has 194 valence electrons. The largest absolute Gasteiger partial charge is 0.491 e. The number of hydrogen-bond donors (Lipinski definition) is 2. The zero-order chi connectivity index (χ0) is 26.2. The Balaban J connectivity index is 1.21. The lowest BCUT2D eigenvalue weighted by Gasteiger charge is -2.15. The van der Waals surface area contributed by atoms with E-state index in [4.69, 9.17) is 9.72 Å². The van der Waals surface area contributed by atoms with Crippen molar-refractivity contribution in [3.63, 3.8) is 0 Å². The van der Waals surface area contributed by atoms with Crippen molar-refractivity contribution in [2.45, 2.75) is 12.8 Å². The Morgan fingerprint density at radius 1 is 0.949 bits per heavy atom. The number of halogens is 1. The number of imidazole rings is 1. The van der Waals surface area contributed by atoms with Gasteiger partial charge in [-0.2, -0.15) is 5.10 Å². The molecule has 2 N–H and O–H groups in total. The molecule has 6 heterocycles. The van der Waals surface area contributed by atoms with Crippen LogP contribution in [0.1, 0.15) is 12.8 Å². The zero-order valence-electron chi connectivity index (χ0n) is 21.1. The molecular formula is C29H25FN8O. The number of nitrogens with zero attached hydrogens (tertiary/aromatic N) is 6. The molecule has 7 rings (SSSR count). The minimum atomic E-state index is -0.350. The summed E-state index contributed by atoms with van der Waals surface area (Å²) < 4.78 is 20.5. The molecule has 6 aromatic rings. The first-order valence-corrected chi connectivity index (χ1v) is 13.0. The average molecular weight is 521 g/mol. The summed E-state index contributed by atoms with van der Waals surface area (Å²) in [4.78, 5) is 23.9. The Labute approximate surface area is 223 Å². The van der Waals surface area contributed by atoms with E-state index in [1.807, 2.05) is 18.2 Å². The minimum Gasteiger partial charge on any atom is -0.491 e. The van der Waals surface area contributed by atoms with Gasteiger partial charge in [-0.05, 0) is 56.3 Å². The molecule has 0 radical (unpaired) electrons. The van der Waals surface area contributed by atoms with Crippen LogP contribution in [0.25, 0.3) is 56.0 Å². The molecule has 0 amide bonds. The van der Waals surface area contributed by atoms with E-state index in [-0.39, 0.29) is 5.82 Å². The normalized spacial score (nSPS) is 14.0. The van der Waals surface area contributed by atoms with Crippen molar-refractivity contribution in [2.24, 2.45) is 0 Å². The number of H-pyrrole nitrogens is 2. The third kappa shape index (κ3) is 4.48. The van der Waals surface area contributed by atoms with Crippen LogP contribution in [0.2, 0.25) is 0 Å². The molecule has 0 spiro atoms. The van der Waals surface area contributed by atoms with Gasteiger partial charge in [0.15, 0.2) is 11.5 Å². The van der Waals surface area contributed by atoms with Crippen molar-refractivity contribution in [3.8, 4) is 39.7 Å². The molecule has 0 saturated carbocycles. The van der Waals surface area contributed by atoms with Crippen LogP contribution in [0.5, 0.6) is 5.75 Å². The highest BCUT2D eigenvalue weighted by Gasteiger charge is 2.18. The molecule has 39 heavy (non-hydrogen) atoms. The van der Waals surface area contributed by atoms with Crippen LogP contribution in [0, 0.1) is 5.82 Å². The van der Waals surface area contributed by atoms with Crippen molar-refractivity contribution in [3.05, 3.63) is 73.1 Å². The van der Waals surface area contributed by atoms with Gasteiger partial charge in [-0.3, -0.25) is 20.0 Å². The molecule has 1 aliphatic heterocycles. The number of fused-ring (bicyclic) bond motifs is 2. The molecule has 0 unspecified atom stereocenters. The average Bonchev–Trinajstić information content (AvgIpc) is 3.73. The fourth-order valence-corrected chi connectivity index (χ4v) is 5.09. The highest BCUT2D eigenvalue weighted by molar-refractivity contribution is 5.96. The monoisotopic (exact) mass is 520 g/mol. The van der Waals surface area contributed by atoms with E-state index in [2.05, 4.69) is 35.0 Å². The third-order valence-electron chi connectivity index (χ3n) is 7.09. The second-order valence-corrected chi connectivity index (χ2v) is 9.62. The maximum absolute atomic E-state index is 14.5. The number of aromatic amines is 2. The maximum atomic E-state index is 14.5. The predicted molar refractivity (Wildman–Crippen MR) is 147 cm³/mol. The van der Waals surface area contributed by atoms with Crippen molar-refractivity contribution >= 4 is 22.1 Å². The van der Waals surface area contributed by atoms with Crippen LogP contribution >= 0.6 is 0 Å². The Kier molecular flexibility index (Phi) is 5.93. The first kappa shape index (κ1) is 23.4. The van der Waals surface area contributed by atoms with Crippen LogP contribution in [0.4, 0.5) is 4.39 Å². The maximum Gasteiger partial charge on any atom is 0.159 e. The highest BCUT2D eigenvalue weighted by Crippen LogP contribution is 2.32. The molecule has 0 atom stereocenters. The number of pyridine rings is 3. The topological polar surface area (TPSA) is 108 Å². The van der Waals surface area contributed by atoms with Crippen LogP contribution in [-0.4, -0.2) is 66.3 Å². The number of benzene rings is 1. The number of ether oxygens (including phenoxy) is 1. The Morgan fingerprint density at radius 3 is 2.72 bits per heavy atom. The quantitative estimate of drug-likeness (QED) is 0.296. The Morgan fingerprint density at radius 2 is 1.82 bits per heavy atom. The molecule has 1 aliphatic rings. The standard InChI is InChI=1S/C29H25FN8O/c30-23-6-2-1-5-21(23)25-27-24(7-8-32-25)34-29(35-27)26-22-14-19(16-33-28(22)37-36-26)18-13-20(17-31-15-18)39-12-11-38-9-3-4-10-38/h1-2,5-8,13-17H,3-4,9-12H2,(H,34,35)(H,33,36,37). The van der Waals surface area contributed by atoms with Gasteiger partial charge in [0.1, 0.15) is 35.1 Å². The summed E-state index contributed by atoms with van der Waals surface area (Å²) in [5.41, 5.74) is 5.20.